The maximum absolute atomic E-state index is 12.2. The summed E-state index contributed by atoms with van der Waals surface area (Å²) in [7, 11) is 3.76. The third-order valence-corrected chi connectivity index (χ3v) is 5.47. The smallest absolute Gasteiger partial charge is 0.238 e. The van der Waals surface area contributed by atoms with Gasteiger partial charge in [-0.05, 0) is 55.1 Å². The van der Waals surface area contributed by atoms with Crippen LogP contribution in [0, 0.1) is 0 Å². The topological polar surface area (TPSA) is 94.2 Å². The molecule has 4 aromatic rings. The first-order valence-electron chi connectivity index (χ1n) is 10.8. The maximum Gasteiger partial charge on any atom is 0.238 e. The summed E-state index contributed by atoms with van der Waals surface area (Å²) in [6.45, 7) is 1.06. The summed E-state index contributed by atoms with van der Waals surface area (Å²) in [6, 6.07) is 21.7. The number of carbonyl (C=O) groups is 1. The fourth-order valence-electron chi connectivity index (χ4n) is 3.98. The number of hydrogen-bond acceptors (Lipinski definition) is 7. The standard InChI is InChI=1S/C25H25N7O/c1-26-14-23(33)28-21-9-5-3-7-18(21)25-29-22-10-6-4-8-19(22)24(30-25)27-17-11-12-20-16(13-17)15-32(2)31-20/h3-13,26,31H,14-15H2,1-2H3,(H,28,33)(H,27,29,30). The van der Waals surface area contributed by atoms with Crippen molar-refractivity contribution in [1.29, 1.82) is 0 Å². The van der Waals surface area contributed by atoms with Crippen LogP contribution in [0.5, 0.6) is 0 Å². The first-order valence-corrected chi connectivity index (χ1v) is 10.8. The lowest BCUT2D eigenvalue weighted by Gasteiger charge is -2.14. The molecule has 33 heavy (non-hydrogen) atoms. The van der Waals surface area contributed by atoms with Crippen LogP contribution in [0.4, 0.5) is 22.9 Å². The largest absolute Gasteiger partial charge is 0.340 e. The van der Waals surface area contributed by atoms with Gasteiger partial charge in [-0.25, -0.2) is 15.0 Å². The predicted octanol–water partition coefficient (Wildman–Crippen LogP) is 3.97. The molecular weight excluding hydrogens is 414 g/mol. The highest BCUT2D eigenvalue weighted by Crippen LogP contribution is 2.32. The molecular formula is C25H25N7O. The number of aromatic nitrogens is 2. The van der Waals surface area contributed by atoms with Gasteiger partial charge in [0.25, 0.3) is 0 Å². The fourth-order valence-corrected chi connectivity index (χ4v) is 3.98. The number of hydrazine groups is 1. The quantitative estimate of drug-likeness (QED) is 0.361. The molecule has 1 aromatic heterocycles. The number of nitrogens with one attached hydrogen (secondary N) is 4. The average Bonchev–Trinajstić information content (AvgIpc) is 3.19. The molecule has 0 bridgehead atoms. The Bertz CT molecular complexity index is 1340. The molecule has 3 aromatic carbocycles. The molecule has 8 nitrogen and oxygen atoms in total. The average molecular weight is 440 g/mol. The highest BCUT2D eigenvalue weighted by Gasteiger charge is 2.17. The molecule has 0 atom stereocenters. The summed E-state index contributed by atoms with van der Waals surface area (Å²) >= 11 is 0. The van der Waals surface area contributed by atoms with E-state index >= 15 is 0 Å². The van der Waals surface area contributed by atoms with Crippen molar-refractivity contribution in [3.05, 3.63) is 72.3 Å². The second kappa shape index (κ2) is 8.85. The predicted molar refractivity (Wildman–Crippen MR) is 132 cm³/mol. The van der Waals surface area contributed by atoms with E-state index in [-0.39, 0.29) is 12.5 Å². The van der Waals surface area contributed by atoms with Crippen LogP contribution >= 0.6 is 0 Å². The molecule has 0 unspecified atom stereocenters. The van der Waals surface area contributed by atoms with Gasteiger partial charge in [0, 0.05) is 30.2 Å². The summed E-state index contributed by atoms with van der Waals surface area (Å²) in [4.78, 5) is 21.9. The monoisotopic (exact) mass is 439 g/mol. The molecule has 1 amide bonds. The van der Waals surface area contributed by atoms with Gasteiger partial charge in [-0.2, -0.15) is 0 Å². The van der Waals surface area contributed by atoms with Crippen molar-refractivity contribution in [2.45, 2.75) is 6.54 Å². The number of likely N-dealkylation sites (N-methyl/N-ethyl adjacent to an activating group) is 1. The molecule has 1 aliphatic rings. The van der Waals surface area contributed by atoms with Crippen molar-refractivity contribution < 1.29 is 4.79 Å². The van der Waals surface area contributed by atoms with Gasteiger partial charge in [0.15, 0.2) is 5.82 Å². The van der Waals surface area contributed by atoms with Crippen LogP contribution in [0.2, 0.25) is 0 Å². The molecule has 0 saturated carbocycles. The molecule has 0 spiro atoms. The van der Waals surface area contributed by atoms with Gasteiger partial charge >= 0.3 is 0 Å². The zero-order valence-electron chi connectivity index (χ0n) is 18.5. The van der Waals surface area contributed by atoms with E-state index in [0.717, 1.165) is 34.4 Å². The number of para-hydroxylation sites is 2. The molecule has 2 heterocycles. The molecule has 8 heteroatoms. The number of fused-ring (bicyclic) bond motifs is 2. The summed E-state index contributed by atoms with van der Waals surface area (Å²) in [5.41, 5.74) is 8.86. The first-order chi connectivity index (χ1) is 16.1. The fraction of sp³-hybridized carbons (Fsp3) is 0.160. The highest BCUT2D eigenvalue weighted by molar-refractivity contribution is 5.97. The summed E-state index contributed by atoms with van der Waals surface area (Å²) in [5.74, 6) is 1.13. The van der Waals surface area contributed by atoms with Gasteiger partial charge in [-0.1, -0.05) is 24.3 Å². The lowest BCUT2D eigenvalue weighted by Crippen LogP contribution is -2.25. The Kier molecular flexibility index (Phi) is 5.60. The van der Waals surface area contributed by atoms with Crippen molar-refractivity contribution >= 4 is 39.7 Å². The van der Waals surface area contributed by atoms with Crippen LogP contribution in [-0.2, 0) is 11.3 Å². The zero-order valence-corrected chi connectivity index (χ0v) is 18.5. The summed E-state index contributed by atoms with van der Waals surface area (Å²) in [6.07, 6.45) is 0. The number of benzene rings is 3. The van der Waals surface area contributed by atoms with Crippen LogP contribution < -0.4 is 21.4 Å². The highest BCUT2D eigenvalue weighted by atomic mass is 16.1. The Hall–Kier alpha value is -4.01. The van der Waals surface area contributed by atoms with Crippen LogP contribution in [-0.4, -0.2) is 41.5 Å². The van der Waals surface area contributed by atoms with Gasteiger partial charge in [-0.15, -0.1) is 0 Å². The normalized spacial score (nSPS) is 12.9. The maximum atomic E-state index is 12.2. The van der Waals surface area contributed by atoms with Crippen LogP contribution in [0.15, 0.2) is 66.7 Å². The van der Waals surface area contributed by atoms with E-state index in [2.05, 4.69) is 33.5 Å². The van der Waals surface area contributed by atoms with Gasteiger partial charge < -0.3 is 21.4 Å². The Morgan fingerprint density at radius 3 is 2.76 bits per heavy atom. The van der Waals surface area contributed by atoms with Crippen molar-refractivity contribution in [3.8, 4) is 11.4 Å². The van der Waals surface area contributed by atoms with E-state index < -0.39 is 0 Å². The second-order valence-corrected chi connectivity index (χ2v) is 8.00. The summed E-state index contributed by atoms with van der Waals surface area (Å²) < 4.78 is 0. The minimum atomic E-state index is -0.124. The minimum absolute atomic E-state index is 0.124. The molecule has 166 valence electrons. The van der Waals surface area contributed by atoms with Gasteiger partial charge in [0.2, 0.25) is 5.91 Å². The SMILES string of the molecule is CNCC(=O)Nc1ccccc1-c1nc(Nc2ccc3c(c2)CN(C)N3)c2ccccc2n1. The second-order valence-electron chi connectivity index (χ2n) is 8.00. The molecule has 5 rings (SSSR count). The summed E-state index contributed by atoms with van der Waals surface area (Å²) in [5, 5.41) is 12.3. The van der Waals surface area contributed by atoms with Gasteiger partial charge in [-0.3, -0.25) is 4.79 Å². The van der Waals surface area contributed by atoms with Gasteiger partial charge in [0.05, 0.1) is 23.4 Å². The number of amides is 1. The lowest BCUT2D eigenvalue weighted by atomic mass is 10.1. The Morgan fingerprint density at radius 2 is 1.88 bits per heavy atom. The Balaban J connectivity index is 1.56. The molecule has 0 fully saturated rings. The van der Waals surface area contributed by atoms with E-state index in [0.29, 0.717) is 17.3 Å². The van der Waals surface area contributed by atoms with Crippen molar-refractivity contribution in [3.63, 3.8) is 0 Å². The Labute approximate surface area is 192 Å². The molecule has 0 radical (unpaired) electrons. The van der Waals surface area contributed by atoms with Crippen molar-refractivity contribution in [2.75, 3.05) is 36.7 Å². The van der Waals surface area contributed by atoms with Crippen LogP contribution in [0.3, 0.4) is 0 Å². The van der Waals surface area contributed by atoms with E-state index in [1.54, 1.807) is 7.05 Å². The van der Waals surface area contributed by atoms with Crippen molar-refractivity contribution in [1.82, 2.24) is 20.3 Å². The van der Waals surface area contributed by atoms with Crippen LogP contribution in [0.25, 0.3) is 22.3 Å². The number of anilines is 4. The zero-order chi connectivity index (χ0) is 22.8. The molecule has 1 aliphatic heterocycles. The van der Waals surface area contributed by atoms with Crippen molar-refractivity contribution in [2.24, 2.45) is 0 Å². The molecule has 4 N–H and O–H groups in total. The van der Waals surface area contributed by atoms with Crippen LogP contribution in [0.1, 0.15) is 5.56 Å². The number of rotatable bonds is 6. The van der Waals surface area contributed by atoms with Gasteiger partial charge in [0.1, 0.15) is 5.82 Å². The number of carbonyl (C=O) groups excluding carboxylic acids is 1. The third kappa shape index (κ3) is 4.34. The number of nitrogens with zero attached hydrogens (tertiary/aromatic N) is 3. The number of hydrogen-bond donors (Lipinski definition) is 4. The lowest BCUT2D eigenvalue weighted by molar-refractivity contribution is -0.115. The van der Waals surface area contributed by atoms with E-state index in [1.807, 2.05) is 66.7 Å². The van der Waals surface area contributed by atoms with E-state index in [1.165, 1.54) is 5.56 Å². The first kappa shape index (κ1) is 20.9. The van der Waals surface area contributed by atoms with E-state index in [4.69, 9.17) is 9.97 Å². The minimum Gasteiger partial charge on any atom is -0.340 e. The third-order valence-electron chi connectivity index (χ3n) is 5.47. The Morgan fingerprint density at radius 1 is 1.06 bits per heavy atom. The molecule has 0 saturated heterocycles. The van der Waals surface area contributed by atoms with E-state index in [9.17, 15) is 4.79 Å². The molecule has 0 aliphatic carbocycles.